The van der Waals surface area contributed by atoms with Crippen LogP contribution < -0.4 is 4.74 Å². The molecule has 1 saturated heterocycles. The number of nitrogens with zero attached hydrogens (tertiary/aromatic N) is 2. The standard InChI is InChI=1S/C31H25F9N2OS/c1-15-13-42(15)14-16-2-4-17(5-3-16)18-6-7-25-26(10-18)44-29(41-25)19-8-21(32)28(22(33)9-19)31(39,40)43-20-11-23(34)27(24(35)12-20)30(36,37)38/h6-12,15-17H,2-5,13-14H2,1H3. The van der Waals surface area contributed by atoms with E-state index in [0.717, 1.165) is 53.8 Å². The van der Waals surface area contributed by atoms with Gasteiger partial charge in [-0.25, -0.2) is 22.5 Å². The highest BCUT2D eigenvalue weighted by Gasteiger charge is 2.43. The van der Waals surface area contributed by atoms with Crippen molar-refractivity contribution in [3.8, 4) is 16.3 Å². The number of thiazole rings is 1. The Morgan fingerprint density at radius 3 is 2.00 bits per heavy atom. The summed E-state index contributed by atoms with van der Waals surface area (Å²) in [5.41, 5.74) is -2.61. The highest BCUT2D eigenvalue weighted by molar-refractivity contribution is 7.21. The van der Waals surface area contributed by atoms with Gasteiger partial charge in [0, 0.05) is 36.8 Å². The number of ether oxygens (including phenoxy) is 1. The van der Waals surface area contributed by atoms with E-state index in [4.69, 9.17) is 0 Å². The summed E-state index contributed by atoms with van der Waals surface area (Å²) in [5, 5.41) is 0.175. The van der Waals surface area contributed by atoms with Crippen molar-refractivity contribution in [2.45, 2.75) is 56.9 Å². The van der Waals surface area contributed by atoms with E-state index in [-0.39, 0.29) is 22.7 Å². The van der Waals surface area contributed by atoms with Crippen LogP contribution in [0.4, 0.5) is 39.5 Å². The van der Waals surface area contributed by atoms with Crippen molar-refractivity contribution in [1.82, 2.24) is 9.88 Å². The molecular formula is C31H25F9N2OS. The van der Waals surface area contributed by atoms with Crippen LogP contribution in [0.5, 0.6) is 5.75 Å². The number of rotatable bonds is 7. The predicted octanol–water partition coefficient (Wildman–Crippen LogP) is 9.64. The summed E-state index contributed by atoms with van der Waals surface area (Å²) in [6, 6.07) is 7.45. The lowest BCUT2D eigenvalue weighted by Gasteiger charge is -2.29. The average Bonchev–Trinajstić information content (AvgIpc) is 3.43. The Bertz CT molecular complexity index is 1670. The third-order valence-corrected chi connectivity index (χ3v) is 9.40. The van der Waals surface area contributed by atoms with E-state index in [1.807, 2.05) is 18.2 Å². The molecule has 1 saturated carbocycles. The quantitative estimate of drug-likeness (QED) is 0.148. The molecule has 1 aliphatic carbocycles. The molecule has 44 heavy (non-hydrogen) atoms. The summed E-state index contributed by atoms with van der Waals surface area (Å²) in [5.74, 6) is -8.27. The van der Waals surface area contributed by atoms with Gasteiger partial charge in [-0.15, -0.1) is 11.3 Å². The third kappa shape index (κ3) is 6.13. The second kappa shape index (κ2) is 11.2. The molecule has 4 aromatic rings. The smallest absolute Gasteiger partial charge is 0.429 e. The van der Waals surface area contributed by atoms with Gasteiger partial charge in [0.2, 0.25) is 0 Å². The maximum Gasteiger partial charge on any atom is 0.432 e. The van der Waals surface area contributed by atoms with Gasteiger partial charge < -0.3 is 4.74 Å². The minimum absolute atomic E-state index is 0.126. The Morgan fingerprint density at radius 1 is 0.841 bits per heavy atom. The molecule has 234 valence electrons. The van der Waals surface area contributed by atoms with E-state index >= 15 is 0 Å². The fourth-order valence-corrected chi connectivity index (χ4v) is 6.93. The number of alkyl halides is 5. The van der Waals surface area contributed by atoms with Gasteiger partial charge in [-0.3, -0.25) is 4.90 Å². The minimum Gasteiger partial charge on any atom is -0.429 e. The molecule has 1 aromatic heterocycles. The van der Waals surface area contributed by atoms with Crippen molar-refractivity contribution < 1.29 is 44.3 Å². The highest BCUT2D eigenvalue weighted by atomic mass is 32.1. The zero-order valence-electron chi connectivity index (χ0n) is 23.1. The number of benzene rings is 3. The van der Waals surface area contributed by atoms with E-state index in [2.05, 4.69) is 21.5 Å². The third-order valence-electron chi connectivity index (χ3n) is 8.34. The molecule has 0 bridgehead atoms. The monoisotopic (exact) mass is 644 g/mol. The Kier molecular flexibility index (Phi) is 7.84. The molecule has 0 N–H and O–H groups in total. The van der Waals surface area contributed by atoms with Gasteiger partial charge in [0.05, 0.1) is 10.2 Å². The average molecular weight is 645 g/mol. The maximum atomic E-state index is 14.9. The van der Waals surface area contributed by atoms with E-state index in [0.29, 0.717) is 35.5 Å². The van der Waals surface area contributed by atoms with Crippen molar-refractivity contribution in [2.24, 2.45) is 5.92 Å². The number of fused-ring (bicyclic) bond motifs is 1. The molecule has 6 rings (SSSR count). The largest absolute Gasteiger partial charge is 0.432 e. The molecule has 2 atom stereocenters. The van der Waals surface area contributed by atoms with Crippen LogP contribution >= 0.6 is 11.3 Å². The first-order valence-electron chi connectivity index (χ1n) is 14.0. The Labute approximate surface area is 250 Å². The second-order valence-electron chi connectivity index (χ2n) is 11.5. The van der Waals surface area contributed by atoms with Crippen LogP contribution in [0.25, 0.3) is 20.8 Å². The number of halogens is 9. The molecule has 3 aromatic carbocycles. The second-order valence-corrected chi connectivity index (χ2v) is 12.5. The summed E-state index contributed by atoms with van der Waals surface area (Å²) < 4.78 is 130. The van der Waals surface area contributed by atoms with Crippen molar-refractivity contribution in [2.75, 3.05) is 13.1 Å². The number of hydrogen-bond donors (Lipinski definition) is 0. The SMILES string of the molecule is CC1CN1CC1CCC(c2ccc3nc(-c4cc(F)c(C(F)(F)Oc5cc(F)c(C(F)(F)F)c(F)c5)c(F)c4)sc3c2)CC1. The summed E-state index contributed by atoms with van der Waals surface area (Å²) >= 11 is 1.14. The van der Waals surface area contributed by atoms with Crippen molar-refractivity contribution in [3.05, 3.63) is 82.4 Å². The molecule has 2 unspecified atom stereocenters. The zero-order valence-corrected chi connectivity index (χ0v) is 23.9. The molecule has 1 aliphatic heterocycles. The first-order valence-corrected chi connectivity index (χ1v) is 14.8. The van der Waals surface area contributed by atoms with Crippen LogP contribution in [0.3, 0.4) is 0 Å². The van der Waals surface area contributed by atoms with E-state index in [1.165, 1.54) is 6.54 Å². The van der Waals surface area contributed by atoms with E-state index in [1.54, 1.807) is 0 Å². The normalized spacial score (nSPS) is 22.4. The lowest BCUT2D eigenvalue weighted by molar-refractivity contribution is -0.189. The van der Waals surface area contributed by atoms with E-state index in [9.17, 15) is 39.5 Å². The van der Waals surface area contributed by atoms with Crippen LogP contribution in [0.1, 0.15) is 55.2 Å². The topological polar surface area (TPSA) is 25.1 Å². The van der Waals surface area contributed by atoms with Gasteiger partial charge in [0.15, 0.2) is 0 Å². The lowest BCUT2D eigenvalue weighted by Crippen LogP contribution is -2.25. The number of hydrogen-bond acceptors (Lipinski definition) is 4. The molecule has 2 heterocycles. The van der Waals surface area contributed by atoms with Gasteiger partial charge in [-0.1, -0.05) is 6.07 Å². The van der Waals surface area contributed by atoms with Crippen molar-refractivity contribution in [1.29, 1.82) is 0 Å². The lowest BCUT2D eigenvalue weighted by atomic mass is 9.78. The minimum atomic E-state index is -5.45. The predicted molar refractivity (Wildman–Crippen MR) is 147 cm³/mol. The maximum absolute atomic E-state index is 14.9. The summed E-state index contributed by atoms with van der Waals surface area (Å²) in [7, 11) is 0. The molecular weight excluding hydrogens is 619 g/mol. The van der Waals surface area contributed by atoms with Crippen molar-refractivity contribution >= 4 is 21.6 Å². The first-order chi connectivity index (χ1) is 20.7. The zero-order chi connectivity index (χ0) is 31.6. The van der Waals surface area contributed by atoms with Crippen LogP contribution in [0.15, 0.2) is 42.5 Å². The Hall–Kier alpha value is -3.32. The molecule has 0 amide bonds. The van der Waals surface area contributed by atoms with Gasteiger partial charge in [-0.05, 0) is 74.3 Å². The van der Waals surface area contributed by atoms with Gasteiger partial charge in [-0.2, -0.15) is 22.0 Å². The highest BCUT2D eigenvalue weighted by Crippen LogP contribution is 2.42. The van der Waals surface area contributed by atoms with E-state index < -0.39 is 52.4 Å². The Morgan fingerprint density at radius 2 is 1.43 bits per heavy atom. The molecule has 0 spiro atoms. The summed E-state index contributed by atoms with van der Waals surface area (Å²) in [4.78, 5) is 6.88. The van der Waals surface area contributed by atoms with Crippen LogP contribution in [-0.4, -0.2) is 29.0 Å². The number of aromatic nitrogens is 1. The fourth-order valence-electron chi connectivity index (χ4n) is 5.93. The molecule has 3 nitrogen and oxygen atoms in total. The van der Waals surface area contributed by atoms with Gasteiger partial charge in [0.1, 0.15) is 45.2 Å². The van der Waals surface area contributed by atoms with Crippen molar-refractivity contribution in [3.63, 3.8) is 0 Å². The van der Waals surface area contributed by atoms with Crippen LogP contribution in [0, 0.1) is 29.2 Å². The van der Waals surface area contributed by atoms with Gasteiger partial charge >= 0.3 is 12.3 Å². The molecule has 13 heteroatoms. The van der Waals surface area contributed by atoms with Crippen LogP contribution in [-0.2, 0) is 12.3 Å². The molecule has 2 fully saturated rings. The van der Waals surface area contributed by atoms with Gasteiger partial charge in [0.25, 0.3) is 0 Å². The summed E-state index contributed by atoms with van der Waals surface area (Å²) in [6.45, 7) is 4.54. The molecule has 2 aliphatic rings. The fraction of sp³-hybridized carbons (Fsp3) is 0.387. The first kappa shape index (κ1) is 30.7. The molecule has 0 radical (unpaired) electrons. The Balaban J connectivity index is 1.20. The summed E-state index contributed by atoms with van der Waals surface area (Å²) in [6.07, 6.45) is -5.88. The van der Waals surface area contributed by atoms with Crippen LogP contribution in [0.2, 0.25) is 0 Å².